The Balaban J connectivity index is 1.46. The predicted octanol–water partition coefficient (Wildman–Crippen LogP) is 5.67. The number of carbonyl (C=O) groups is 1. The number of amides is 1. The molecule has 3 aromatic carbocycles. The Bertz CT molecular complexity index is 1410. The average molecular weight is 499 g/mol. The van der Waals surface area contributed by atoms with Crippen molar-refractivity contribution in [2.75, 3.05) is 12.1 Å². The average Bonchev–Trinajstić information content (AvgIpc) is 3.39. The number of fused-ring (bicyclic) bond motifs is 1. The molecule has 0 fully saturated rings. The van der Waals surface area contributed by atoms with Gasteiger partial charge in [0.25, 0.3) is 5.91 Å². The van der Waals surface area contributed by atoms with Gasteiger partial charge in [-0.2, -0.15) is 0 Å². The minimum Gasteiger partial charge on any atom is -0.454 e. The van der Waals surface area contributed by atoms with Gasteiger partial charge >= 0.3 is 0 Å². The molecule has 0 saturated carbocycles. The molecule has 0 spiro atoms. The second-order valence-electron chi connectivity index (χ2n) is 8.99. The fourth-order valence-electron chi connectivity index (χ4n) is 4.14. The summed E-state index contributed by atoms with van der Waals surface area (Å²) in [5.74, 6) is 0.942. The number of ether oxygens (including phenoxy) is 2. The zero-order valence-corrected chi connectivity index (χ0v) is 20.6. The van der Waals surface area contributed by atoms with Crippen LogP contribution in [0.15, 0.2) is 79.0 Å². The Labute approximate surface area is 214 Å². The number of nitrogens with zero attached hydrogens (tertiary/aromatic N) is 3. The second-order valence-corrected chi connectivity index (χ2v) is 8.99. The zero-order chi connectivity index (χ0) is 25.8. The number of benzene rings is 3. The summed E-state index contributed by atoms with van der Waals surface area (Å²) in [6.07, 6.45) is 1.47. The molecule has 1 aliphatic rings. The summed E-state index contributed by atoms with van der Waals surface area (Å²) in [5.41, 5.74) is 2.66. The summed E-state index contributed by atoms with van der Waals surface area (Å²) in [6, 6.07) is 21.6. The fraction of sp³-hybridized carbons (Fsp3) is 0.207. The number of aromatic nitrogens is 2. The van der Waals surface area contributed by atoms with Crippen molar-refractivity contribution < 1.29 is 18.7 Å². The molecule has 5 rings (SSSR count). The van der Waals surface area contributed by atoms with Gasteiger partial charge in [0.1, 0.15) is 5.82 Å². The van der Waals surface area contributed by atoms with Gasteiger partial charge in [0.2, 0.25) is 12.7 Å². The maximum Gasteiger partial charge on any atom is 0.258 e. The molecule has 0 radical (unpaired) electrons. The topological polar surface area (TPSA) is 76.6 Å². The van der Waals surface area contributed by atoms with E-state index in [4.69, 9.17) is 9.47 Å². The Kier molecular flexibility index (Phi) is 6.98. The van der Waals surface area contributed by atoms with E-state index in [0.717, 1.165) is 11.1 Å². The van der Waals surface area contributed by atoms with Crippen molar-refractivity contribution in [3.63, 3.8) is 0 Å². The summed E-state index contributed by atoms with van der Waals surface area (Å²) in [7, 11) is 0. The van der Waals surface area contributed by atoms with Gasteiger partial charge in [-0.25, -0.2) is 14.4 Å². The number of rotatable bonds is 8. The van der Waals surface area contributed by atoms with E-state index in [1.807, 2.05) is 62.4 Å². The van der Waals surface area contributed by atoms with Gasteiger partial charge in [-0.15, -0.1) is 0 Å². The van der Waals surface area contributed by atoms with Crippen LogP contribution in [0.3, 0.4) is 0 Å². The van der Waals surface area contributed by atoms with E-state index in [-0.39, 0.29) is 41.5 Å². The summed E-state index contributed by atoms with van der Waals surface area (Å²) >= 11 is 0. The molecule has 1 N–H and O–H groups in total. The highest BCUT2D eigenvalue weighted by atomic mass is 19.1. The van der Waals surface area contributed by atoms with E-state index in [1.54, 1.807) is 23.1 Å². The molecule has 1 aliphatic heterocycles. The fourth-order valence-corrected chi connectivity index (χ4v) is 4.14. The minimum absolute atomic E-state index is 0.0926. The number of nitrogens with one attached hydrogen (secondary N) is 1. The van der Waals surface area contributed by atoms with Crippen LogP contribution in [0.25, 0.3) is 11.3 Å². The molecule has 4 aromatic rings. The van der Waals surface area contributed by atoms with E-state index in [0.29, 0.717) is 24.6 Å². The quantitative estimate of drug-likeness (QED) is 0.337. The van der Waals surface area contributed by atoms with Crippen molar-refractivity contribution in [3.05, 3.63) is 102 Å². The maximum atomic E-state index is 14.9. The smallest absolute Gasteiger partial charge is 0.258 e. The first-order chi connectivity index (χ1) is 18.0. The van der Waals surface area contributed by atoms with E-state index in [2.05, 4.69) is 15.3 Å². The van der Waals surface area contributed by atoms with Crippen LogP contribution in [0.4, 0.5) is 10.3 Å². The Hall–Kier alpha value is -4.46. The van der Waals surface area contributed by atoms with Gasteiger partial charge in [-0.3, -0.25) is 4.79 Å². The standard InChI is InChI=1S/C29H27FN4O3/c1-19(2)34(17-20-8-4-3-5-9-20)28(35)23-16-32-29(33-27(23)22-10-6-7-11-24(22)30)31-15-21-12-13-25-26(14-21)37-18-36-25/h3-14,16,19H,15,17-18H2,1-2H3,(H,31,32,33). The summed E-state index contributed by atoms with van der Waals surface area (Å²) in [6.45, 7) is 4.93. The van der Waals surface area contributed by atoms with E-state index in [9.17, 15) is 9.18 Å². The molecule has 0 bridgehead atoms. The van der Waals surface area contributed by atoms with Crippen LogP contribution < -0.4 is 14.8 Å². The lowest BCUT2D eigenvalue weighted by molar-refractivity contribution is 0.0690. The van der Waals surface area contributed by atoms with Crippen molar-refractivity contribution in [3.8, 4) is 22.8 Å². The van der Waals surface area contributed by atoms with Crippen LogP contribution in [0.5, 0.6) is 11.5 Å². The highest BCUT2D eigenvalue weighted by Crippen LogP contribution is 2.33. The van der Waals surface area contributed by atoms with Crippen molar-refractivity contribution in [1.82, 2.24) is 14.9 Å². The van der Waals surface area contributed by atoms with Crippen molar-refractivity contribution in [2.45, 2.75) is 33.0 Å². The molecule has 8 heteroatoms. The molecule has 7 nitrogen and oxygen atoms in total. The third kappa shape index (κ3) is 5.38. The second kappa shape index (κ2) is 10.7. The third-order valence-electron chi connectivity index (χ3n) is 6.12. The first-order valence-corrected chi connectivity index (χ1v) is 12.1. The van der Waals surface area contributed by atoms with Gasteiger partial charge in [0.15, 0.2) is 11.5 Å². The molecule has 2 heterocycles. The molecule has 0 unspecified atom stereocenters. The van der Waals surface area contributed by atoms with Crippen LogP contribution in [0.1, 0.15) is 35.3 Å². The molecule has 0 aliphatic carbocycles. The lowest BCUT2D eigenvalue weighted by atomic mass is 10.0. The first-order valence-electron chi connectivity index (χ1n) is 12.1. The lowest BCUT2D eigenvalue weighted by Crippen LogP contribution is -2.37. The van der Waals surface area contributed by atoms with E-state index in [1.165, 1.54) is 12.3 Å². The molecule has 0 atom stereocenters. The van der Waals surface area contributed by atoms with Gasteiger partial charge in [-0.05, 0) is 49.2 Å². The molecular weight excluding hydrogens is 471 g/mol. The molecule has 37 heavy (non-hydrogen) atoms. The van der Waals surface area contributed by atoms with Crippen molar-refractivity contribution >= 4 is 11.9 Å². The van der Waals surface area contributed by atoms with Crippen LogP contribution in [0, 0.1) is 5.82 Å². The van der Waals surface area contributed by atoms with Gasteiger partial charge in [0, 0.05) is 30.9 Å². The number of hydrogen-bond donors (Lipinski definition) is 1. The summed E-state index contributed by atoms with van der Waals surface area (Å²) in [5, 5.41) is 3.17. The van der Waals surface area contributed by atoms with Gasteiger partial charge in [0.05, 0.1) is 11.3 Å². The Morgan fingerprint density at radius 1 is 1.00 bits per heavy atom. The zero-order valence-electron chi connectivity index (χ0n) is 20.6. The number of halogens is 1. The largest absolute Gasteiger partial charge is 0.454 e. The molecule has 1 amide bonds. The first kappa shape index (κ1) is 24.2. The molecule has 1 aromatic heterocycles. The monoisotopic (exact) mass is 498 g/mol. The molecule has 0 saturated heterocycles. The van der Waals surface area contributed by atoms with Crippen LogP contribution >= 0.6 is 0 Å². The highest BCUT2D eigenvalue weighted by molar-refractivity contribution is 6.00. The van der Waals surface area contributed by atoms with E-state index < -0.39 is 5.82 Å². The number of anilines is 1. The normalized spacial score (nSPS) is 12.0. The third-order valence-corrected chi connectivity index (χ3v) is 6.12. The summed E-state index contributed by atoms with van der Waals surface area (Å²) < 4.78 is 25.7. The Morgan fingerprint density at radius 3 is 2.54 bits per heavy atom. The van der Waals surface area contributed by atoms with Crippen LogP contribution in [-0.2, 0) is 13.1 Å². The predicted molar refractivity (Wildman–Crippen MR) is 139 cm³/mol. The summed E-state index contributed by atoms with van der Waals surface area (Å²) in [4.78, 5) is 24.5. The van der Waals surface area contributed by atoms with E-state index >= 15 is 0 Å². The number of hydrogen-bond acceptors (Lipinski definition) is 6. The van der Waals surface area contributed by atoms with Crippen molar-refractivity contribution in [1.29, 1.82) is 0 Å². The van der Waals surface area contributed by atoms with Crippen molar-refractivity contribution in [2.24, 2.45) is 0 Å². The Morgan fingerprint density at radius 2 is 1.76 bits per heavy atom. The highest BCUT2D eigenvalue weighted by Gasteiger charge is 2.25. The lowest BCUT2D eigenvalue weighted by Gasteiger charge is -2.27. The van der Waals surface area contributed by atoms with Crippen LogP contribution in [0.2, 0.25) is 0 Å². The van der Waals surface area contributed by atoms with Crippen LogP contribution in [-0.4, -0.2) is 33.6 Å². The number of carbonyl (C=O) groups excluding carboxylic acids is 1. The maximum absolute atomic E-state index is 14.9. The minimum atomic E-state index is -0.462. The van der Waals surface area contributed by atoms with Gasteiger partial charge in [-0.1, -0.05) is 48.5 Å². The SMILES string of the molecule is CC(C)N(Cc1ccccc1)C(=O)c1cnc(NCc2ccc3c(c2)OCO3)nc1-c1ccccc1F. The molecule has 188 valence electrons. The van der Waals surface area contributed by atoms with Gasteiger partial charge < -0.3 is 19.7 Å². The molecular formula is C29H27FN4O3.